The lowest BCUT2D eigenvalue weighted by atomic mass is 10.0. The normalized spacial score (nSPS) is 27.9. The minimum absolute atomic E-state index is 0.829. The smallest absolute Gasteiger partial charge is 0.0130 e. The summed E-state index contributed by atoms with van der Waals surface area (Å²) in [4.78, 5) is 4.98. The Morgan fingerprint density at radius 3 is 2.21 bits per heavy atom. The molecule has 0 aromatic heterocycles. The molecule has 0 radical (unpaired) electrons. The Balaban J connectivity index is 2.42. The second-order valence-corrected chi connectivity index (χ2v) is 4.71. The summed E-state index contributed by atoms with van der Waals surface area (Å²) < 4.78 is 0. The van der Waals surface area contributed by atoms with Gasteiger partial charge in [-0.05, 0) is 45.9 Å². The molecule has 0 amide bonds. The van der Waals surface area contributed by atoms with E-state index in [9.17, 15) is 0 Å². The SMILES string of the molecule is CCN(CC)CC1CCCC1N(C)C. The van der Waals surface area contributed by atoms with Crippen LogP contribution in [-0.4, -0.2) is 49.6 Å². The van der Waals surface area contributed by atoms with Crippen LogP contribution in [-0.2, 0) is 0 Å². The topological polar surface area (TPSA) is 6.48 Å². The van der Waals surface area contributed by atoms with Crippen LogP contribution >= 0.6 is 0 Å². The Morgan fingerprint density at radius 2 is 1.71 bits per heavy atom. The van der Waals surface area contributed by atoms with Gasteiger partial charge in [-0.15, -0.1) is 0 Å². The van der Waals surface area contributed by atoms with Gasteiger partial charge in [-0.25, -0.2) is 0 Å². The summed E-state index contributed by atoms with van der Waals surface area (Å²) in [7, 11) is 4.45. The van der Waals surface area contributed by atoms with E-state index in [4.69, 9.17) is 0 Å². The van der Waals surface area contributed by atoms with Gasteiger partial charge in [0.05, 0.1) is 0 Å². The molecule has 2 atom stereocenters. The molecular weight excluding hydrogens is 172 g/mol. The van der Waals surface area contributed by atoms with E-state index >= 15 is 0 Å². The molecule has 0 aromatic carbocycles. The first kappa shape index (κ1) is 12.0. The van der Waals surface area contributed by atoms with Crippen LogP contribution in [0, 0.1) is 5.92 Å². The summed E-state index contributed by atoms with van der Waals surface area (Å²) >= 11 is 0. The van der Waals surface area contributed by atoms with Crippen LogP contribution in [0.1, 0.15) is 33.1 Å². The molecule has 1 fully saturated rings. The second kappa shape index (κ2) is 5.72. The standard InChI is InChI=1S/C12H26N2/c1-5-14(6-2)10-11-8-7-9-12(11)13(3)4/h11-12H,5-10H2,1-4H3. The van der Waals surface area contributed by atoms with E-state index in [2.05, 4.69) is 37.7 Å². The van der Waals surface area contributed by atoms with Gasteiger partial charge in [-0.2, -0.15) is 0 Å². The van der Waals surface area contributed by atoms with Crippen molar-refractivity contribution < 1.29 is 0 Å². The van der Waals surface area contributed by atoms with Crippen molar-refractivity contribution >= 4 is 0 Å². The van der Waals surface area contributed by atoms with E-state index < -0.39 is 0 Å². The molecule has 84 valence electrons. The van der Waals surface area contributed by atoms with Gasteiger partial charge in [0, 0.05) is 12.6 Å². The van der Waals surface area contributed by atoms with Gasteiger partial charge in [0.1, 0.15) is 0 Å². The van der Waals surface area contributed by atoms with E-state index in [1.807, 2.05) is 0 Å². The molecule has 2 heteroatoms. The predicted octanol–water partition coefficient (Wildman–Crippen LogP) is 2.06. The van der Waals surface area contributed by atoms with Crippen molar-refractivity contribution in [3.05, 3.63) is 0 Å². The second-order valence-electron chi connectivity index (χ2n) is 4.71. The predicted molar refractivity (Wildman–Crippen MR) is 62.6 cm³/mol. The van der Waals surface area contributed by atoms with E-state index in [1.165, 1.54) is 38.9 Å². The van der Waals surface area contributed by atoms with Crippen LogP contribution in [0.25, 0.3) is 0 Å². The monoisotopic (exact) mass is 198 g/mol. The summed E-state index contributed by atoms with van der Waals surface area (Å²) in [6.45, 7) is 8.24. The number of nitrogens with zero attached hydrogens (tertiary/aromatic N) is 2. The van der Waals surface area contributed by atoms with Gasteiger partial charge in [-0.3, -0.25) is 0 Å². The molecule has 0 bridgehead atoms. The molecule has 0 aromatic rings. The minimum Gasteiger partial charge on any atom is -0.306 e. The molecular formula is C12H26N2. The Morgan fingerprint density at radius 1 is 1.07 bits per heavy atom. The molecule has 2 unspecified atom stereocenters. The quantitative estimate of drug-likeness (QED) is 0.667. The maximum Gasteiger partial charge on any atom is 0.0130 e. The zero-order chi connectivity index (χ0) is 10.6. The van der Waals surface area contributed by atoms with Gasteiger partial charge in [0.25, 0.3) is 0 Å². The van der Waals surface area contributed by atoms with Gasteiger partial charge >= 0.3 is 0 Å². The van der Waals surface area contributed by atoms with Crippen LogP contribution in [0.5, 0.6) is 0 Å². The lowest BCUT2D eigenvalue weighted by molar-refractivity contribution is 0.177. The molecule has 0 spiro atoms. The Labute approximate surface area is 89.3 Å². The zero-order valence-corrected chi connectivity index (χ0v) is 10.3. The van der Waals surface area contributed by atoms with E-state index in [0.29, 0.717) is 0 Å². The Kier molecular flexibility index (Phi) is 4.90. The van der Waals surface area contributed by atoms with Crippen LogP contribution in [0.3, 0.4) is 0 Å². The zero-order valence-electron chi connectivity index (χ0n) is 10.3. The van der Waals surface area contributed by atoms with Crippen molar-refractivity contribution in [1.29, 1.82) is 0 Å². The first-order valence-corrected chi connectivity index (χ1v) is 6.07. The molecule has 0 aliphatic heterocycles. The fourth-order valence-corrected chi connectivity index (χ4v) is 2.72. The summed E-state index contributed by atoms with van der Waals surface area (Å²) in [5.41, 5.74) is 0. The maximum absolute atomic E-state index is 2.56. The third-order valence-electron chi connectivity index (χ3n) is 3.67. The van der Waals surface area contributed by atoms with Crippen molar-refractivity contribution in [2.45, 2.75) is 39.2 Å². The first-order chi connectivity index (χ1) is 6.69. The number of hydrogen-bond acceptors (Lipinski definition) is 2. The summed E-state index contributed by atoms with van der Waals surface area (Å²) in [5, 5.41) is 0. The van der Waals surface area contributed by atoms with Gasteiger partial charge in [-0.1, -0.05) is 20.3 Å². The van der Waals surface area contributed by atoms with Crippen LogP contribution in [0.15, 0.2) is 0 Å². The van der Waals surface area contributed by atoms with E-state index in [-0.39, 0.29) is 0 Å². The van der Waals surface area contributed by atoms with E-state index in [0.717, 1.165) is 12.0 Å². The Hall–Kier alpha value is -0.0800. The highest BCUT2D eigenvalue weighted by Gasteiger charge is 2.29. The van der Waals surface area contributed by atoms with E-state index in [1.54, 1.807) is 0 Å². The highest BCUT2D eigenvalue weighted by Crippen LogP contribution is 2.29. The number of rotatable bonds is 5. The third-order valence-corrected chi connectivity index (χ3v) is 3.67. The molecule has 1 aliphatic rings. The molecule has 0 saturated heterocycles. The van der Waals surface area contributed by atoms with Crippen molar-refractivity contribution in [2.75, 3.05) is 33.7 Å². The van der Waals surface area contributed by atoms with Crippen molar-refractivity contribution in [3.8, 4) is 0 Å². The fraction of sp³-hybridized carbons (Fsp3) is 1.00. The van der Waals surface area contributed by atoms with Crippen molar-refractivity contribution in [2.24, 2.45) is 5.92 Å². The fourth-order valence-electron chi connectivity index (χ4n) is 2.72. The maximum atomic E-state index is 2.56. The highest BCUT2D eigenvalue weighted by atomic mass is 15.1. The van der Waals surface area contributed by atoms with Gasteiger partial charge in [0.2, 0.25) is 0 Å². The van der Waals surface area contributed by atoms with Gasteiger partial charge < -0.3 is 9.80 Å². The molecule has 14 heavy (non-hydrogen) atoms. The minimum atomic E-state index is 0.829. The number of hydrogen-bond donors (Lipinski definition) is 0. The lowest BCUT2D eigenvalue weighted by Crippen LogP contribution is -2.38. The molecule has 0 N–H and O–H groups in total. The largest absolute Gasteiger partial charge is 0.306 e. The highest BCUT2D eigenvalue weighted by molar-refractivity contribution is 4.84. The first-order valence-electron chi connectivity index (χ1n) is 6.07. The molecule has 2 nitrogen and oxygen atoms in total. The average molecular weight is 198 g/mol. The molecule has 1 rings (SSSR count). The van der Waals surface area contributed by atoms with Crippen molar-refractivity contribution in [3.63, 3.8) is 0 Å². The molecule has 1 aliphatic carbocycles. The van der Waals surface area contributed by atoms with Crippen LogP contribution in [0.2, 0.25) is 0 Å². The average Bonchev–Trinajstić information content (AvgIpc) is 2.62. The summed E-state index contributed by atoms with van der Waals surface area (Å²) in [6, 6.07) is 0.829. The molecule has 1 saturated carbocycles. The van der Waals surface area contributed by atoms with Crippen molar-refractivity contribution in [1.82, 2.24) is 9.80 Å². The third kappa shape index (κ3) is 2.96. The van der Waals surface area contributed by atoms with Crippen LogP contribution < -0.4 is 0 Å². The summed E-state index contributed by atoms with van der Waals surface area (Å²) in [5.74, 6) is 0.907. The Bertz CT molecular complexity index is 152. The lowest BCUT2D eigenvalue weighted by Gasteiger charge is -2.30. The molecule has 0 heterocycles. The van der Waals surface area contributed by atoms with Crippen LogP contribution in [0.4, 0.5) is 0 Å². The summed E-state index contributed by atoms with van der Waals surface area (Å²) in [6.07, 6.45) is 4.26. The van der Waals surface area contributed by atoms with Gasteiger partial charge in [0.15, 0.2) is 0 Å².